The summed E-state index contributed by atoms with van der Waals surface area (Å²) in [6.45, 7) is 0. The first-order valence-corrected chi connectivity index (χ1v) is 5.16. The molecule has 6 heteroatoms. The number of carbonyl (C=O) groups is 1. The average molecular weight is 283 g/mol. The van der Waals surface area contributed by atoms with Crippen molar-refractivity contribution in [1.82, 2.24) is 9.78 Å². The van der Waals surface area contributed by atoms with E-state index in [-0.39, 0.29) is 5.75 Å². The molecule has 1 aromatic carbocycles. The predicted molar refractivity (Wildman–Crippen MR) is 59.9 cm³/mol. The lowest BCUT2D eigenvalue weighted by atomic mass is 10.3. The molecule has 0 atom stereocenters. The molecule has 0 saturated carbocycles. The highest BCUT2D eigenvalue weighted by atomic mass is 79.9. The van der Waals surface area contributed by atoms with Crippen molar-refractivity contribution in [2.45, 2.75) is 0 Å². The number of ether oxygens (including phenoxy) is 1. The lowest BCUT2D eigenvalue weighted by Gasteiger charge is -2.00. The van der Waals surface area contributed by atoms with E-state index in [1.54, 1.807) is 0 Å². The number of benzene rings is 1. The van der Waals surface area contributed by atoms with Crippen LogP contribution in [0.25, 0.3) is 5.69 Å². The van der Waals surface area contributed by atoms with Crippen LogP contribution in [0.3, 0.4) is 0 Å². The minimum absolute atomic E-state index is 0.190. The number of aromatic nitrogens is 2. The van der Waals surface area contributed by atoms with E-state index in [2.05, 4.69) is 25.8 Å². The van der Waals surface area contributed by atoms with Gasteiger partial charge in [0.1, 0.15) is 0 Å². The summed E-state index contributed by atoms with van der Waals surface area (Å²) in [7, 11) is 0. The van der Waals surface area contributed by atoms with Crippen LogP contribution in [0.5, 0.6) is 5.75 Å². The highest BCUT2D eigenvalue weighted by Crippen LogP contribution is 2.16. The van der Waals surface area contributed by atoms with Gasteiger partial charge < -0.3 is 9.84 Å². The van der Waals surface area contributed by atoms with E-state index in [4.69, 9.17) is 5.11 Å². The van der Waals surface area contributed by atoms with Gasteiger partial charge in [-0.3, -0.25) is 0 Å². The Balaban J connectivity index is 2.24. The Hall–Kier alpha value is -1.82. The largest absolute Gasteiger partial charge is 0.511 e. The molecule has 1 aromatic heterocycles. The molecule has 1 heterocycles. The van der Waals surface area contributed by atoms with Gasteiger partial charge in [-0.2, -0.15) is 5.10 Å². The maximum atomic E-state index is 10.3. The minimum Gasteiger partial charge on any atom is -0.449 e. The van der Waals surface area contributed by atoms with E-state index in [0.29, 0.717) is 0 Å². The second-order valence-corrected chi connectivity index (χ2v) is 3.88. The zero-order valence-corrected chi connectivity index (χ0v) is 9.59. The molecule has 5 nitrogen and oxygen atoms in total. The molecule has 1 N–H and O–H groups in total. The van der Waals surface area contributed by atoms with Crippen LogP contribution in [0.4, 0.5) is 4.79 Å². The molecule has 2 rings (SSSR count). The summed E-state index contributed by atoms with van der Waals surface area (Å²) < 4.78 is 6.96. The smallest absolute Gasteiger partial charge is 0.449 e. The third-order valence-electron chi connectivity index (χ3n) is 1.86. The quantitative estimate of drug-likeness (QED) is 0.860. The Morgan fingerprint density at radius 3 is 2.69 bits per heavy atom. The molecule has 0 spiro atoms. The first kappa shape index (κ1) is 10.7. The van der Waals surface area contributed by atoms with E-state index in [1.165, 1.54) is 17.1 Å². The molecule has 2 aromatic rings. The minimum atomic E-state index is -1.35. The van der Waals surface area contributed by atoms with Crippen molar-refractivity contribution >= 4 is 22.1 Å². The van der Waals surface area contributed by atoms with Crippen LogP contribution in [-0.2, 0) is 0 Å². The summed E-state index contributed by atoms with van der Waals surface area (Å²) in [5.74, 6) is 0.190. The summed E-state index contributed by atoms with van der Waals surface area (Å²) in [5.41, 5.74) is 0.823. The van der Waals surface area contributed by atoms with Gasteiger partial charge in [0.25, 0.3) is 0 Å². The van der Waals surface area contributed by atoms with Crippen molar-refractivity contribution < 1.29 is 14.6 Å². The number of halogens is 1. The lowest BCUT2D eigenvalue weighted by Crippen LogP contribution is -2.01. The van der Waals surface area contributed by atoms with Crippen LogP contribution in [0.1, 0.15) is 0 Å². The molecular weight excluding hydrogens is 276 g/mol. The average Bonchev–Trinajstić information content (AvgIpc) is 2.66. The zero-order chi connectivity index (χ0) is 11.5. The SMILES string of the molecule is O=C(O)Oc1cnn(-c2ccc(Br)cc2)c1. The van der Waals surface area contributed by atoms with Gasteiger partial charge in [0.15, 0.2) is 5.75 Å². The molecule has 0 fully saturated rings. The van der Waals surface area contributed by atoms with E-state index in [9.17, 15) is 4.79 Å². The van der Waals surface area contributed by atoms with Gasteiger partial charge in [0.05, 0.1) is 18.1 Å². The fourth-order valence-corrected chi connectivity index (χ4v) is 1.46. The fourth-order valence-electron chi connectivity index (χ4n) is 1.19. The van der Waals surface area contributed by atoms with E-state index in [1.807, 2.05) is 24.3 Å². The van der Waals surface area contributed by atoms with Gasteiger partial charge in [0, 0.05) is 4.47 Å². The molecule has 0 saturated heterocycles. The van der Waals surface area contributed by atoms with Crippen LogP contribution in [0, 0.1) is 0 Å². The molecule has 0 amide bonds. The van der Waals surface area contributed by atoms with Crippen LogP contribution < -0.4 is 4.74 Å². The van der Waals surface area contributed by atoms with Gasteiger partial charge in [-0.25, -0.2) is 9.48 Å². The van der Waals surface area contributed by atoms with Crippen molar-refractivity contribution in [3.8, 4) is 11.4 Å². The maximum absolute atomic E-state index is 10.3. The van der Waals surface area contributed by atoms with Crippen molar-refractivity contribution in [2.24, 2.45) is 0 Å². The highest BCUT2D eigenvalue weighted by Gasteiger charge is 2.05. The van der Waals surface area contributed by atoms with Gasteiger partial charge in [0.2, 0.25) is 0 Å². The molecule has 16 heavy (non-hydrogen) atoms. The Morgan fingerprint density at radius 1 is 1.38 bits per heavy atom. The predicted octanol–water partition coefficient (Wildman–Crippen LogP) is 2.69. The lowest BCUT2D eigenvalue weighted by molar-refractivity contribution is 0.144. The number of rotatable bonds is 2. The van der Waals surface area contributed by atoms with E-state index >= 15 is 0 Å². The van der Waals surface area contributed by atoms with Crippen molar-refractivity contribution in [3.05, 3.63) is 41.1 Å². The second kappa shape index (κ2) is 4.36. The van der Waals surface area contributed by atoms with Gasteiger partial charge >= 0.3 is 6.16 Å². The Kier molecular flexibility index (Phi) is 2.91. The summed E-state index contributed by atoms with van der Waals surface area (Å²) in [6.07, 6.45) is 1.49. The fraction of sp³-hybridized carbons (Fsp3) is 0. The number of carboxylic acid groups (broad SMARTS) is 1. The highest BCUT2D eigenvalue weighted by molar-refractivity contribution is 9.10. The molecule has 0 bridgehead atoms. The summed E-state index contributed by atoms with van der Waals surface area (Å²) in [5, 5.41) is 12.4. The summed E-state index contributed by atoms with van der Waals surface area (Å²) in [6, 6.07) is 7.44. The molecule has 0 unspecified atom stereocenters. The van der Waals surface area contributed by atoms with Crippen LogP contribution in [0.15, 0.2) is 41.1 Å². The summed E-state index contributed by atoms with van der Waals surface area (Å²) >= 11 is 3.32. The second-order valence-electron chi connectivity index (χ2n) is 2.96. The first-order valence-electron chi connectivity index (χ1n) is 4.36. The van der Waals surface area contributed by atoms with Gasteiger partial charge in [-0.05, 0) is 24.3 Å². The van der Waals surface area contributed by atoms with Crippen LogP contribution in [0.2, 0.25) is 0 Å². The van der Waals surface area contributed by atoms with E-state index in [0.717, 1.165) is 10.2 Å². The van der Waals surface area contributed by atoms with Crippen LogP contribution >= 0.6 is 15.9 Å². The Morgan fingerprint density at radius 2 is 2.06 bits per heavy atom. The number of nitrogens with zero attached hydrogens (tertiary/aromatic N) is 2. The first-order chi connectivity index (χ1) is 7.65. The van der Waals surface area contributed by atoms with Gasteiger partial charge in [-0.15, -0.1) is 0 Å². The number of hydrogen-bond acceptors (Lipinski definition) is 3. The summed E-state index contributed by atoms with van der Waals surface area (Å²) in [4.78, 5) is 10.3. The standard InChI is InChI=1S/C10H7BrN2O3/c11-7-1-3-8(4-2-7)13-6-9(5-12-13)16-10(14)15/h1-6H,(H,14,15). The monoisotopic (exact) mass is 282 g/mol. The molecule has 0 aliphatic heterocycles. The molecule has 0 radical (unpaired) electrons. The van der Waals surface area contributed by atoms with Crippen molar-refractivity contribution in [1.29, 1.82) is 0 Å². The molecule has 0 aliphatic rings. The van der Waals surface area contributed by atoms with E-state index < -0.39 is 6.16 Å². The Labute approximate surface area is 99.4 Å². The van der Waals surface area contributed by atoms with Crippen molar-refractivity contribution in [3.63, 3.8) is 0 Å². The third kappa shape index (κ3) is 2.40. The third-order valence-corrected chi connectivity index (χ3v) is 2.38. The normalized spacial score (nSPS) is 10.1. The van der Waals surface area contributed by atoms with Crippen molar-refractivity contribution in [2.75, 3.05) is 0 Å². The van der Waals surface area contributed by atoms with Gasteiger partial charge in [-0.1, -0.05) is 15.9 Å². The molecular formula is C10H7BrN2O3. The topological polar surface area (TPSA) is 64.3 Å². The molecule has 82 valence electrons. The molecule has 0 aliphatic carbocycles. The zero-order valence-electron chi connectivity index (χ0n) is 8.00. The maximum Gasteiger partial charge on any atom is 0.511 e. The van der Waals surface area contributed by atoms with Crippen LogP contribution in [-0.4, -0.2) is 21.0 Å². The Bertz CT molecular complexity index is 507. The number of hydrogen-bond donors (Lipinski definition) is 1.